The highest BCUT2D eigenvalue weighted by molar-refractivity contribution is 5.72. The minimum absolute atomic E-state index is 0.201. The highest BCUT2D eigenvalue weighted by Gasteiger charge is 2.50. The SMILES string of the molecule is CCCCCCCCCCC(CC(=O)OC(CCCCCCCC)CC(=O)O)O[C@@H]1O[C@@H](C)[C@H](O)[C@@H](O)[C@H]1O[C@@H]1O[C@@H](C)[C@H](O)[C@@H](O)[C@H]1O. The number of carbonyl (C=O) groups excluding carboxylic acids is 1. The number of carbonyl (C=O) groups is 2. The quantitative estimate of drug-likeness (QED) is 0.0586. The minimum Gasteiger partial charge on any atom is -0.481 e. The van der Waals surface area contributed by atoms with Crippen LogP contribution >= 0.6 is 0 Å². The molecule has 2 saturated heterocycles. The number of esters is 1. The Balaban J connectivity index is 2.14. The molecule has 0 aliphatic carbocycles. The number of carboxylic acids is 1. The molecule has 2 aliphatic heterocycles. The van der Waals surface area contributed by atoms with Crippen LogP contribution in [0, 0.1) is 0 Å². The van der Waals surface area contributed by atoms with E-state index in [1.54, 1.807) is 6.92 Å². The van der Waals surface area contributed by atoms with Crippen LogP contribution in [0.25, 0.3) is 0 Å². The number of aliphatic carboxylic acids is 1. The Bertz CT molecular complexity index is 906. The maximum absolute atomic E-state index is 13.3. The summed E-state index contributed by atoms with van der Waals surface area (Å²) in [6, 6.07) is 0. The van der Waals surface area contributed by atoms with Crippen LogP contribution in [0.5, 0.6) is 0 Å². The minimum atomic E-state index is -1.67. The second-order valence-electron chi connectivity index (χ2n) is 14.0. The molecule has 49 heavy (non-hydrogen) atoms. The van der Waals surface area contributed by atoms with E-state index in [-0.39, 0.29) is 12.8 Å². The molecule has 0 amide bonds. The van der Waals surface area contributed by atoms with Gasteiger partial charge in [0.1, 0.15) is 42.7 Å². The van der Waals surface area contributed by atoms with Gasteiger partial charge in [-0.2, -0.15) is 0 Å². The van der Waals surface area contributed by atoms with E-state index in [9.17, 15) is 40.2 Å². The van der Waals surface area contributed by atoms with Gasteiger partial charge < -0.3 is 54.3 Å². The Kier molecular flexibility index (Phi) is 21.4. The van der Waals surface area contributed by atoms with Crippen molar-refractivity contribution in [2.45, 2.75) is 217 Å². The summed E-state index contributed by atoms with van der Waals surface area (Å²) in [6.07, 6.45) is -0.0510. The lowest BCUT2D eigenvalue weighted by Gasteiger charge is -2.46. The van der Waals surface area contributed by atoms with E-state index >= 15 is 0 Å². The predicted octanol–water partition coefficient (Wildman–Crippen LogP) is 4.11. The van der Waals surface area contributed by atoms with Crippen molar-refractivity contribution in [1.82, 2.24) is 0 Å². The third-order valence-electron chi connectivity index (χ3n) is 9.56. The lowest BCUT2D eigenvalue weighted by atomic mass is 9.97. The molecule has 2 rings (SSSR count). The first-order chi connectivity index (χ1) is 23.4. The number of carboxylic acid groups (broad SMARTS) is 1. The van der Waals surface area contributed by atoms with Crippen LogP contribution in [-0.2, 0) is 33.3 Å². The number of hydrogen-bond acceptors (Lipinski definition) is 12. The van der Waals surface area contributed by atoms with Crippen LogP contribution in [0.3, 0.4) is 0 Å². The fourth-order valence-electron chi connectivity index (χ4n) is 6.42. The molecule has 6 N–H and O–H groups in total. The third-order valence-corrected chi connectivity index (χ3v) is 9.56. The van der Waals surface area contributed by atoms with Crippen LogP contribution in [0.15, 0.2) is 0 Å². The zero-order valence-electron chi connectivity index (χ0n) is 30.2. The van der Waals surface area contributed by atoms with Gasteiger partial charge in [0, 0.05) is 0 Å². The molecule has 0 bridgehead atoms. The summed E-state index contributed by atoms with van der Waals surface area (Å²) < 4.78 is 29.3. The molecule has 12 atom stereocenters. The van der Waals surface area contributed by atoms with Crippen molar-refractivity contribution in [1.29, 1.82) is 0 Å². The van der Waals surface area contributed by atoms with Crippen LogP contribution in [0.2, 0.25) is 0 Å². The third kappa shape index (κ3) is 15.8. The zero-order valence-corrected chi connectivity index (χ0v) is 30.2. The largest absolute Gasteiger partial charge is 0.481 e. The fourth-order valence-corrected chi connectivity index (χ4v) is 6.42. The van der Waals surface area contributed by atoms with E-state index in [1.165, 1.54) is 26.2 Å². The number of hydrogen-bond donors (Lipinski definition) is 6. The molecule has 0 saturated carbocycles. The van der Waals surface area contributed by atoms with E-state index in [0.29, 0.717) is 12.8 Å². The number of rotatable bonds is 25. The topological polar surface area (TPSA) is 202 Å². The second kappa shape index (κ2) is 23.9. The van der Waals surface area contributed by atoms with Crippen LogP contribution in [0.1, 0.15) is 143 Å². The smallest absolute Gasteiger partial charge is 0.308 e. The monoisotopic (exact) mass is 706 g/mol. The van der Waals surface area contributed by atoms with Gasteiger partial charge in [-0.1, -0.05) is 97.3 Å². The molecule has 0 aromatic carbocycles. The van der Waals surface area contributed by atoms with Crippen molar-refractivity contribution in [3.05, 3.63) is 0 Å². The van der Waals surface area contributed by atoms with Crippen molar-refractivity contribution < 1.29 is 63.9 Å². The van der Waals surface area contributed by atoms with Crippen LogP contribution in [0.4, 0.5) is 0 Å². The number of ether oxygens (including phenoxy) is 5. The molecular formula is C36H66O13. The van der Waals surface area contributed by atoms with Gasteiger partial charge in [0.05, 0.1) is 31.2 Å². The molecule has 0 spiro atoms. The van der Waals surface area contributed by atoms with E-state index in [1.807, 2.05) is 0 Å². The van der Waals surface area contributed by atoms with Crippen LogP contribution < -0.4 is 0 Å². The standard InChI is InChI=1S/C36H66O13/c1-5-7-9-11-13-14-16-18-20-26(22-28(39)47-25(21-27(37)38)19-17-15-12-10-8-6-2)48-36-34(32(43)30(41)24(4)46-36)49-35-33(44)31(42)29(40)23(3)45-35/h23-26,29-36,40-44H,5-22H2,1-4H3,(H,37,38)/t23-,24-,25?,26?,29-,30-,31+,32+,33+,34+,35-,36-/m0/s1. The summed E-state index contributed by atoms with van der Waals surface area (Å²) in [4.78, 5) is 24.8. The van der Waals surface area contributed by atoms with Crippen molar-refractivity contribution in [2.75, 3.05) is 0 Å². The Morgan fingerprint density at radius 2 is 1.06 bits per heavy atom. The van der Waals surface area contributed by atoms with Gasteiger partial charge in [0.2, 0.25) is 0 Å². The van der Waals surface area contributed by atoms with E-state index in [2.05, 4.69) is 13.8 Å². The van der Waals surface area contributed by atoms with Crippen LogP contribution in [-0.4, -0.2) is 116 Å². The highest BCUT2D eigenvalue weighted by atomic mass is 16.8. The molecule has 2 aliphatic rings. The van der Waals surface area contributed by atoms with Crippen molar-refractivity contribution in [2.24, 2.45) is 0 Å². The Labute approximate surface area is 292 Å². The molecule has 0 aromatic heterocycles. The Morgan fingerprint density at radius 1 is 0.592 bits per heavy atom. The molecule has 2 unspecified atom stereocenters. The zero-order chi connectivity index (χ0) is 36.3. The lowest BCUT2D eigenvalue weighted by molar-refractivity contribution is -0.366. The molecule has 13 nitrogen and oxygen atoms in total. The summed E-state index contributed by atoms with van der Waals surface area (Å²) in [7, 11) is 0. The van der Waals surface area contributed by atoms with E-state index in [4.69, 9.17) is 23.7 Å². The average Bonchev–Trinajstić information content (AvgIpc) is 3.05. The van der Waals surface area contributed by atoms with Gasteiger partial charge in [-0.15, -0.1) is 0 Å². The maximum atomic E-state index is 13.3. The fraction of sp³-hybridized carbons (Fsp3) is 0.944. The van der Waals surface area contributed by atoms with Gasteiger partial charge in [0.25, 0.3) is 0 Å². The summed E-state index contributed by atoms with van der Waals surface area (Å²) in [6.45, 7) is 7.36. The number of unbranched alkanes of at least 4 members (excludes halogenated alkanes) is 12. The lowest BCUT2D eigenvalue weighted by Crippen LogP contribution is -2.63. The predicted molar refractivity (Wildman–Crippen MR) is 180 cm³/mol. The maximum Gasteiger partial charge on any atom is 0.308 e. The molecule has 13 heteroatoms. The van der Waals surface area contributed by atoms with E-state index < -0.39 is 85.6 Å². The summed E-state index contributed by atoms with van der Waals surface area (Å²) >= 11 is 0. The molecule has 0 radical (unpaired) electrons. The van der Waals surface area contributed by atoms with Gasteiger partial charge in [0.15, 0.2) is 12.6 Å². The first-order valence-corrected chi connectivity index (χ1v) is 18.8. The Hall–Kier alpha value is -1.42. The Morgan fingerprint density at radius 3 is 1.59 bits per heavy atom. The average molecular weight is 707 g/mol. The first kappa shape index (κ1) is 43.7. The van der Waals surface area contributed by atoms with Crippen molar-refractivity contribution in [3.8, 4) is 0 Å². The van der Waals surface area contributed by atoms with Crippen molar-refractivity contribution in [3.63, 3.8) is 0 Å². The second-order valence-corrected chi connectivity index (χ2v) is 14.0. The summed E-state index contributed by atoms with van der Waals surface area (Å²) in [5, 5.41) is 62.0. The highest BCUT2D eigenvalue weighted by Crippen LogP contribution is 2.31. The van der Waals surface area contributed by atoms with Gasteiger partial charge in [-0.05, 0) is 33.1 Å². The van der Waals surface area contributed by atoms with E-state index in [0.717, 1.165) is 70.6 Å². The molecular weight excluding hydrogens is 640 g/mol. The van der Waals surface area contributed by atoms with Gasteiger partial charge >= 0.3 is 11.9 Å². The molecule has 2 fully saturated rings. The summed E-state index contributed by atoms with van der Waals surface area (Å²) in [5.74, 6) is -1.66. The first-order valence-electron chi connectivity index (χ1n) is 18.8. The van der Waals surface area contributed by atoms with Crippen molar-refractivity contribution >= 4 is 11.9 Å². The van der Waals surface area contributed by atoms with Gasteiger partial charge in [-0.3, -0.25) is 9.59 Å². The molecule has 2 heterocycles. The normalized spacial score (nSPS) is 31.7. The molecule has 288 valence electrons. The molecule has 0 aromatic rings. The van der Waals surface area contributed by atoms with Gasteiger partial charge in [-0.25, -0.2) is 0 Å². The summed E-state index contributed by atoms with van der Waals surface area (Å²) in [5.41, 5.74) is 0. The number of aliphatic hydroxyl groups is 5. The number of aliphatic hydroxyl groups excluding tert-OH is 5.